The third-order valence-electron chi connectivity index (χ3n) is 5.16. The van der Waals surface area contributed by atoms with E-state index in [1.54, 1.807) is 0 Å². The Kier molecular flexibility index (Phi) is 11.9. The molecule has 0 saturated carbocycles. The SMILES string of the molecule is CCCCCCCC1=[N+](CC(=O)[O-])CCN1CCN(CCC(=O)O)CCC(=O)O. The summed E-state index contributed by atoms with van der Waals surface area (Å²) >= 11 is 0. The lowest BCUT2D eigenvalue weighted by atomic mass is 10.1. The molecular weight excluding hydrogens is 378 g/mol. The maximum Gasteiger partial charge on any atom is 0.304 e. The van der Waals surface area contributed by atoms with Crippen molar-refractivity contribution in [1.82, 2.24) is 9.80 Å². The summed E-state index contributed by atoms with van der Waals surface area (Å²) in [6.45, 7) is 5.13. The van der Waals surface area contributed by atoms with Crippen molar-refractivity contribution in [3.8, 4) is 0 Å². The molecule has 0 saturated heterocycles. The monoisotopic (exact) mass is 413 g/mol. The molecule has 1 aliphatic heterocycles. The van der Waals surface area contributed by atoms with Crippen molar-refractivity contribution >= 4 is 23.7 Å². The van der Waals surface area contributed by atoms with E-state index in [0.717, 1.165) is 25.1 Å². The van der Waals surface area contributed by atoms with E-state index in [0.29, 0.717) is 39.3 Å². The molecule has 0 atom stereocenters. The summed E-state index contributed by atoms with van der Waals surface area (Å²) in [5, 5.41) is 28.9. The number of hydrogen-bond acceptors (Lipinski definition) is 6. The molecule has 9 nitrogen and oxygen atoms in total. The molecule has 1 aliphatic rings. The lowest BCUT2D eigenvalue weighted by Gasteiger charge is -2.22. The van der Waals surface area contributed by atoms with E-state index in [-0.39, 0.29) is 19.4 Å². The molecule has 0 radical (unpaired) electrons. The Hall–Kier alpha value is -2.16. The first-order chi connectivity index (χ1) is 13.8. The van der Waals surface area contributed by atoms with Crippen molar-refractivity contribution in [2.45, 2.75) is 58.3 Å². The summed E-state index contributed by atoms with van der Waals surface area (Å²) in [5.74, 6) is -1.92. The maximum absolute atomic E-state index is 11.1. The molecule has 0 amide bonds. The van der Waals surface area contributed by atoms with Crippen molar-refractivity contribution in [1.29, 1.82) is 0 Å². The summed E-state index contributed by atoms with van der Waals surface area (Å²) in [6, 6.07) is 0. The average Bonchev–Trinajstić information content (AvgIpc) is 3.01. The van der Waals surface area contributed by atoms with Crippen LogP contribution in [-0.2, 0) is 14.4 Å². The van der Waals surface area contributed by atoms with E-state index in [2.05, 4.69) is 11.8 Å². The van der Waals surface area contributed by atoms with Gasteiger partial charge >= 0.3 is 11.9 Å². The zero-order valence-corrected chi connectivity index (χ0v) is 17.5. The summed E-state index contributed by atoms with van der Waals surface area (Å²) in [4.78, 5) is 36.8. The Bertz CT molecular complexity index is 561. The largest absolute Gasteiger partial charge is 0.546 e. The number of unbranched alkanes of at least 4 members (excludes halogenated alkanes) is 4. The first-order valence-corrected chi connectivity index (χ1v) is 10.5. The van der Waals surface area contributed by atoms with Crippen LogP contribution in [0.2, 0.25) is 0 Å². The topological polar surface area (TPSA) is 124 Å². The van der Waals surface area contributed by atoms with Gasteiger partial charge in [0, 0.05) is 26.1 Å². The number of amidine groups is 1. The van der Waals surface area contributed by atoms with Crippen LogP contribution in [0.4, 0.5) is 0 Å². The first kappa shape index (κ1) is 24.9. The Morgan fingerprint density at radius 1 is 1.03 bits per heavy atom. The molecule has 9 heteroatoms. The molecule has 0 aromatic heterocycles. The molecule has 0 bridgehead atoms. The molecule has 0 unspecified atom stereocenters. The number of nitrogens with zero attached hydrogens (tertiary/aromatic N) is 3. The zero-order chi connectivity index (χ0) is 21.6. The van der Waals surface area contributed by atoms with E-state index in [9.17, 15) is 19.5 Å². The first-order valence-electron chi connectivity index (χ1n) is 10.5. The van der Waals surface area contributed by atoms with Crippen LogP contribution in [0.1, 0.15) is 58.3 Å². The summed E-state index contributed by atoms with van der Waals surface area (Å²) in [6.07, 6.45) is 6.37. The van der Waals surface area contributed by atoms with Gasteiger partial charge in [-0.05, 0) is 6.42 Å². The fourth-order valence-electron chi connectivity index (χ4n) is 3.57. The number of carbonyl (C=O) groups is 3. The van der Waals surface area contributed by atoms with Crippen LogP contribution in [0.25, 0.3) is 0 Å². The van der Waals surface area contributed by atoms with E-state index in [4.69, 9.17) is 10.2 Å². The van der Waals surface area contributed by atoms with Gasteiger partial charge in [0.2, 0.25) is 5.84 Å². The third-order valence-corrected chi connectivity index (χ3v) is 5.16. The highest BCUT2D eigenvalue weighted by Gasteiger charge is 2.30. The summed E-state index contributed by atoms with van der Waals surface area (Å²) in [7, 11) is 0. The quantitative estimate of drug-likeness (QED) is 0.254. The second-order valence-electron chi connectivity index (χ2n) is 7.49. The number of carboxylic acid groups (broad SMARTS) is 3. The molecule has 2 N–H and O–H groups in total. The molecule has 0 aromatic rings. The molecule has 1 heterocycles. The highest BCUT2D eigenvalue weighted by molar-refractivity contribution is 5.79. The van der Waals surface area contributed by atoms with Crippen LogP contribution in [-0.4, -0.2) is 94.1 Å². The number of aliphatic carboxylic acids is 3. The van der Waals surface area contributed by atoms with Crippen molar-refractivity contribution in [3.63, 3.8) is 0 Å². The molecule has 0 spiro atoms. The Balaban J connectivity index is 2.67. The van der Waals surface area contributed by atoms with Gasteiger partial charge in [-0.25, -0.2) is 0 Å². The van der Waals surface area contributed by atoms with Gasteiger partial charge in [0.25, 0.3) is 0 Å². The van der Waals surface area contributed by atoms with Crippen molar-refractivity contribution in [2.75, 3.05) is 45.8 Å². The van der Waals surface area contributed by atoms with Gasteiger partial charge in [-0.1, -0.05) is 32.6 Å². The van der Waals surface area contributed by atoms with Gasteiger partial charge in [0.15, 0.2) is 0 Å². The minimum Gasteiger partial charge on any atom is -0.546 e. The highest BCUT2D eigenvalue weighted by atomic mass is 16.4. The van der Waals surface area contributed by atoms with Crippen molar-refractivity contribution in [2.24, 2.45) is 0 Å². The van der Waals surface area contributed by atoms with Crippen molar-refractivity contribution < 1.29 is 34.3 Å². The molecule has 166 valence electrons. The Morgan fingerprint density at radius 2 is 1.66 bits per heavy atom. The lowest BCUT2D eigenvalue weighted by molar-refractivity contribution is -0.520. The molecule has 0 aromatic carbocycles. The highest BCUT2D eigenvalue weighted by Crippen LogP contribution is 2.12. The van der Waals surface area contributed by atoms with E-state index in [1.807, 2.05) is 9.48 Å². The number of hydrogen-bond donors (Lipinski definition) is 2. The second-order valence-corrected chi connectivity index (χ2v) is 7.49. The minimum atomic E-state index is -1.10. The minimum absolute atomic E-state index is 0.0373. The predicted octanol–water partition coefficient (Wildman–Crippen LogP) is 0.0748. The van der Waals surface area contributed by atoms with E-state index >= 15 is 0 Å². The second kappa shape index (κ2) is 13.9. The number of carbonyl (C=O) groups excluding carboxylic acids is 1. The van der Waals surface area contributed by atoms with Crippen LogP contribution in [0.3, 0.4) is 0 Å². The van der Waals surface area contributed by atoms with Crippen LogP contribution < -0.4 is 5.11 Å². The normalized spacial score (nSPS) is 14.1. The predicted molar refractivity (Wildman–Crippen MR) is 106 cm³/mol. The zero-order valence-electron chi connectivity index (χ0n) is 17.5. The standard InChI is InChI=1S/C20H35N3O6/c1-2-3-4-5-6-7-17-22(14-15-23(17)16-20(28)29)13-12-21(10-8-18(24)25)11-9-19(26)27/h2-16H2,1H3,(H2-,24,25,26,27,28,29). The fourth-order valence-corrected chi connectivity index (χ4v) is 3.57. The van der Waals surface area contributed by atoms with Crippen LogP contribution in [0.15, 0.2) is 0 Å². The smallest absolute Gasteiger partial charge is 0.304 e. The average molecular weight is 414 g/mol. The van der Waals surface area contributed by atoms with E-state index < -0.39 is 17.9 Å². The van der Waals surface area contributed by atoms with Gasteiger partial charge < -0.3 is 20.1 Å². The lowest BCUT2D eigenvalue weighted by Crippen LogP contribution is -2.40. The number of carboxylic acids is 3. The van der Waals surface area contributed by atoms with Gasteiger partial charge in [-0.2, -0.15) is 0 Å². The third kappa shape index (κ3) is 10.8. The van der Waals surface area contributed by atoms with Crippen LogP contribution in [0.5, 0.6) is 0 Å². The molecular formula is C20H35N3O6. The Morgan fingerprint density at radius 3 is 2.21 bits per heavy atom. The molecule has 29 heavy (non-hydrogen) atoms. The van der Waals surface area contributed by atoms with Crippen molar-refractivity contribution in [3.05, 3.63) is 0 Å². The van der Waals surface area contributed by atoms with E-state index in [1.165, 1.54) is 19.3 Å². The maximum atomic E-state index is 11.1. The van der Waals surface area contributed by atoms with Gasteiger partial charge in [0.05, 0.1) is 25.4 Å². The fraction of sp³-hybridized carbons (Fsp3) is 0.800. The molecule has 1 rings (SSSR count). The Labute approximate surface area is 172 Å². The number of rotatable bonds is 17. The van der Waals surface area contributed by atoms with Gasteiger partial charge in [0.1, 0.15) is 19.6 Å². The molecule has 0 aliphatic carbocycles. The molecule has 0 fully saturated rings. The summed E-state index contributed by atoms with van der Waals surface area (Å²) < 4.78 is 1.86. The van der Waals surface area contributed by atoms with Crippen LogP contribution >= 0.6 is 0 Å². The summed E-state index contributed by atoms with van der Waals surface area (Å²) in [5.41, 5.74) is 0. The van der Waals surface area contributed by atoms with Gasteiger partial charge in [-0.15, -0.1) is 0 Å². The van der Waals surface area contributed by atoms with Crippen LogP contribution in [0, 0.1) is 0 Å². The van der Waals surface area contributed by atoms with Gasteiger partial charge in [-0.3, -0.25) is 24.0 Å².